The Morgan fingerprint density at radius 2 is 2.29 bits per heavy atom. The molecule has 5 nitrogen and oxygen atoms in total. The molecule has 1 rings (SSSR count). The molecule has 0 aliphatic heterocycles. The van der Waals surface area contributed by atoms with Gasteiger partial charge in [0, 0.05) is 6.07 Å². The van der Waals surface area contributed by atoms with Crippen LogP contribution in [0.5, 0.6) is 0 Å². The molecule has 0 saturated carbocycles. The molecule has 0 heterocycles. The number of benzene rings is 1. The second-order valence-corrected chi connectivity index (χ2v) is 2.75. The van der Waals surface area contributed by atoms with Crippen LogP contribution in [0, 0.1) is 15.9 Å². The molecule has 0 aromatic heterocycles. The van der Waals surface area contributed by atoms with Crippen molar-refractivity contribution in [2.75, 3.05) is 0 Å². The van der Waals surface area contributed by atoms with Crippen LogP contribution in [0.1, 0.15) is 18.6 Å². The topological polar surface area (TPSA) is 78.4 Å². The zero-order valence-electron chi connectivity index (χ0n) is 7.44. The lowest BCUT2D eigenvalue weighted by Gasteiger charge is -2.08. The summed E-state index contributed by atoms with van der Waals surface area (Å²) in [6.07, 6.45) is -0.495. The molecule has 1 atom stereocenters. The van der Waals surface area contributed by atoms with Gasteiger partial charge in [0.25, 0.3) is 0 Å². The number of hydrogen-bond acceptors (Lipinski definition) is 4. The predicted molar refractivity (Wildman–Crippen MR) is 46.7 cm³/mol. The quantitative estimate of drug-likeness (QED) is 0.594. The second-order valence-electron chi connectivity index (χ2n) is 2.75. The van der Waals surface area contributed by atoms with Crippen LogP contribution in [0.3, 0.4) is 0 Å². The van der Waals surface area contributed by atoms with Crippen molar-refractivity contribution in [1.29, 1.82) is 0 Å². The summed E-state index contributed by atoms with van der Waals surface area (Å²) in [4.78, 5) is 14.0. The maximum Gasteiger partial charge on any atom is 0.304 e. The number of hydrogen-bond donors (Lipinski definition) is 1. The van der Waals surface area contributed by atoms with E-state index in [0.29, 0.717) is 5.56 Å². The van der Waals surface area contributed by atoms with Crippen LogP contribution < -0.4 is 5.90 Å². The fourth-order valence-electron chi connectivity index (χ4n) is 1.00. The Bertz CT molecular complexity index is 356. The van der Waals surface area contributed by atoms with Crippen molar-refractivity contribution in [3.8, 4) is 0 Å². The van der Waals surface area contributed by atoms with Gasteiger partial charge in [0.05, 0.1) is 4.92 Å². The van der Waals surface area contributed by atoms with E-state index in [2.05, 4.69) is 4.84 Å². The Balaban J connectivity index is 3.06. The van der Waals surface area contributed by atoms with Crippen molar-refractivity contribution in [3.05, 3.63) is 39.7 Å². The number of nitrogens with two attached hydrogens (primary N) is 1. The van der Waals surface area contributed by atoms with Crippen LogP contribution in [-0.2, 0) is 4.84 Å². The molecule has 0 bridgehead atoms. The lowest BCUT2D eigenvalue weighted by molar-refractivity contribution is -0.387. The highest BCUT2D eigenvalue weighted by Gasteiger charge is 2.15. The van der Waals surface area contributed by atoms with E-state index in [1.54, 1.807) is 6.92 Å². The first-order valence-corrected chi connectivity index (χ1v) is 3.85. The van der Waals surface area contributed by atoms with Gasteiger partial charge in [-0.3, -0.25) is 15.0 Å². The van der Waals surface area contributed by atoms with E-state index in [9.17, 15) is 14.5 Å². The summed E-state index contributed by atoms with van der Waals surface area (Å²) in [7, 11) is 0. The Kier molecular flexibility index (Phi) is 3.10. The third-order valence-electron chi connectivity index (χ3n) is 1.84. The molecule has 0 aliphatic carbocycles. The summed E-state index contributed by atoms with van der Waals surface area (Å²) in [5.74, 6) is 4.00. The summed E-state index contributed by atoms with van der Waals surface area (Å²) in [6, 6.07) is 3.52. The van der Waals surface area contributed by atoms with Crippen LogP contribution in [0.4, 0.5) is 10.1 Å². The van der Waals surface area contributed by atoms with E-state index in [-0.39, 0.29) is 0 Å². The SMILES string of the molecule is CC(ON)c1ccc([N+](=O)[O-])c(F)c1. The Labute approximate surface area is 79.4 Å². The van der Waals surface area contributed by atoms with Crippen molar-refractivity contribution in [2.45, 2.75) is 13.0 Å². The van der Waals surface area contributed by atoms with Crippen LogP contribution in [0.25, 0.3) is 0 Å². The first kappa shape index (κ1) is 10.6. The van der Waals surface area contributed by atoms with Gasteiger partial charge in [0.1, 0.15) is 6.10 Å². The van der Waals surface area contributed by atoms with Crippen molar-refractivity contribution in [3.63, 3.8) is 0 Å². The first-order chi connectivity index (χ1) is 6.56. The molecule has 0 fully saturated rings. The number of nitro benzene ring substituents is 1. The minimum atomic E-state index is -0.892. The monoisotopic (exact) mass is 200 g/mol. The molecular weight excluding hydrogens is 191 g/mol. The Hall–Kier alpha value is -1.53. The van der Waals surface area contributed by atoms with Crippen LogP contribution in [-0.4, -0.2) is 4.92 Å². The van der Waals surface area contributed by atoms with E-state index in [1.165, 1.54) is 6.07 Å². The summed E-state index contributed by atoms with van der Waals surface area (Å²) < 4.78 is 13.1. The average Bonchev–Trinajstić information content (AvgIpc) is 2.15. The first-order valence-electron chi connectivity index (χ1n) is 3.85. The summed E-state index contributed by atoms with van der Waals surface area (Å²) in [5, 5.41) is 10.3. The highest BCUT2D eigenvalue weighted by atomic mass is 19.1. The molecule has 6 heteroatoms. The van der Waals surface area contributed by atoms with Gasteiger partial charge in [-0.2, -0.15) is 4.39 Å². The molecular formula is C8H9FN2O3. The van der Waals surface area contributed by atoms with Crippen LogP contribution in [0.15, 0.2) is 18.2 Å². The summed E-state index contributed by atoms with van der Waals surface area (Å²) in [6.45, 7) is 1.61. The molecule has 0 spiro atoms. The molecule has 1 unspecified atom stereocenters. The second kappa shape index (κ2) is 4.12. The molecule has 14 heavy (non-hydrogen) atoms. The summed E-state index contributed by atoms with van der Waals surface area (Å²) >= 11 is 0. The molecule has 1 aromatic carbocycles. The van der Waals surface area contributed by atoms with Gasteiger partial charge in [0.15, 0.2) is 0 Å². The van der Waals surface area contributed by atoms with Gasteiger partial charge in [-0.1, -0.05) is 0 Å². The number of halogens is 1. The van der Waals surface area contributed by atoms with E-state index in [4.69, 9.17) is 5.90 Å². The minimum absolute atomic E-state index is 0.454. The van der Waals surface area contributed by atoms with Crippen molar-refractivity contribution in [1.82, 2.24) is 0 Å². The predicted octanol–water partition coefficient (Wildman–Crippen LogP) is 1.69. The lowest BCUT2D eigenvalue weighted by atomic mass is 10.1. The normalized spacial score (nSPS) is 12.5. The van der Waals surface area contributed by atoms with Gasteiger partial charge in [0.2, 0.25) is 5.82 Å². The molecule has 0 aliphatic rings. The molecule has 76 valence electrons. The van der Waals surface area contributed by atoms with E-state index >= 15 is 0 Å². The van der Waals surface area contributed by atoms with Crippen LogP contribution in [0.2, 0.25) is 0 Å². The Morgan fingerprint density at radius 1 is 1.64 bits per heavy atom. The van der Waals surface area contributed by atoms with E-state index in [1.807, 2.05) is 0 Å². The third-order valence-corrected chi connectivity index (χ3v) is 1.84. The fourth-order valence-corrected chi connectivity index (χ4v) is 1.00. The molecule has 0 saturated heterocycles. The maximum atomic E-state index is 13.1. The number of nitrogens with zero attached hydrogens (tertiary/aromatic N) is 1. The largest absolute Gasteiger partial charge is 0.304 e. The number of nitro groups is 1. The molecule has 2 N–H and O–H groups in total. The zero-order chi connectivity index (χ0) is 10.7. The lowest BCUT2D eigenvalue weighted by Crippen LogP contribution is -2.06. The van der Waals surface area contributed by atoms with Crippen molar-refractivity contribution < 1.29 is 14.2 Å². The van der Waals surface area contributed by atoms with E-state index < -0.39 is 22.5 Å². The highest BCUT2D eigenvalue weighted by molar-refractivity contribution is 5.35. The summed E-state index contributed by atoms with van der Waals surface area (Å²) in [5.41, 5.74) is -0.103. The average molecular weight is 200 g/mol. The maximum absolute atomic E-state index is 13.1. The zero-order valence-corrected chi connectivity index (χ0v) is 7.44. The van der Waals surface area contributed by atoms with Gasteiger partial charge in [-0.25, -0.2) is 5.90 Å². The van der Waals surface area contributed by atoms with Crippen molar-refractivity contribution >= 4 is 5.69 Å². The van der Waals surface area contributed by atoms with Crippen molar-refractivity contribution in [2.24, 2.45) is 5.90 Å². The smallest absolute Gasteiger partial charge is 0.297 e. The minimum Gasteiger partial charge on any atom is -0.297 e. The third kappa shape index (κ3) is 2.04. The highest BCUT2D eigenvalue weighted by Crippen LogP contribution is 2.22. The van der Waals surface area contributed by atoms with Gasteiger partial charge >= 0.3 is 5.69 Å². The number of rotatable bonds is 3. The Morgan fingerprint density at radius 3 is 2.71 bits per heavy atom. The molecule has 0 amide bonds. The fraction of sp³-hybridized carbons (Fsp3) is 0.250. The van der Waals surface area contributed by atoms with E-state index in [0.717, 1.165) is 12.1 Å². The van der Waals surface area contributed by atoms with Gasteiger partial charge in [-0.05, 0) is 24.6 Å². The van der Waals surface area contributed by atoms with Crippen LogP contribution >= 0.6 is 0 Å². The molecule has 1 aromatic rings. The standard InChI is InChI=1S/C8H9FN2O3/c1-5(14-10)6-2-3-8(11(12)13)7(9)4-6/h2-5H,10H2,1H3. The van der Waals surface area contributed by atoms with Gasteiger partial charge in [-0.15, -0.1) is 0 Å². The van der Waals surface area contributed by atoms with Gasteiger partial charge < -0.3 is 0 Å². The molecule has 0 radical (unpaired) electrons.